The average molecular weight is 327 g/mol. The fraction of sp³-hybridized carbons (Fsp3) is 0.529. The van der Waals surface area contributed by atoms with Crippen LogP contribution in [-0.4, -0.2) is 29.3 Å². The Morgan fingerprint density at radius 3 is 2.62 bits per heavy atom. The Morgan fingerprint density at radius 1 is 1.21 bits per heavy atom. The molecule has 24 heavy (non-hydrogen) atoms. The summed E-state index contributed by atoms with van der Waals surface area (Å²) in [6.07, 6.45) is 7.48. The molecule has 0 bridgehead atoms. The summed E-state index contributed by atoms with van der Waals surface area (Å²) in [4.78, 5) is 13.9. The Labute approximate surface area is 142 Å². The molecule has 0 spiro atoms. The number of fused-ring (bicyclic) bond motifs is 1. The highest BCUT2D eigenvalue weighted by molar-refractivity contribution is 5.86. The SMILES string of the molecule is CCCc1nc(NC(c2nccn2C)C(C)C)c2cnn(C)c2n1. The van der Waals surface area contributed by atoms with Crippen LogP contribution in [0.3, 0.4) is 0 Å². The van der Waals surface area contributed by atoms with Crippen molar-refractivity contribution in [3.63, 3.8) is 0 Å². The molecule has 1 unspecified atom stereocenters. The van der Waals surface area contributed by atoms with Crippen molar-refractivity contribution < 1.29 is 0 Å². The molecule has 7 nitrogen and oxygen atoms in total. The first-order valence-electron chi connectivity index (χ1n) is 8.43. The summed E-state index contributed by atoms with van der Waals surface area (Å²) >= 11 is 0. The van der Waals surface area contributed by atoms with Crippen LogP contribution in [0, 0.1) is 5.92 Å². The highest BCUT2D eigenvalue weighted by Crippen LogP contribution is 2.28. The lowest BCUT2D eigenvalue weighted by atomic mass is 10.0. The second-order valence-electron chi connectivity index (χ2n) is 6.51. The molecule has 0 fully saturated rings. The van der Waals surface area contributed by atoms with E-state index in [0.29, 0.717) is 5.92 Å². The molecule has 0 saturated heterocycles. The van der Waals surface area contributed by atoms with Gasteiger partial charge in [-0.2, -0.15) is 5.10 Å². The van der Waals surface area contributed by atoms with Crippen LogP contribution < -0.4 is 5.32 Å². The molecule has 1 atom stereocenters. The van der Waals surface area contributed by atoms with Crippen molar-refractivity contribution in [2.75, 3.05) is 5.32 Å². The largest absolute Gasteiger partial charge is 0.359 e. The van der Waals surface area contributed by atoms with Crippen LogP contribution in [0.15, 0.2) is 18.6 Å². The maximum absolute atomic E-state index is 4.75. The number of aromatic nitrogens is 6. The molecule has 3 rings (SSSR count). The zero-order chi connectivity index (χ0) is 17.3. The zero-order valence-corrected chi connectivity index (χ0v) is 15.0. The van der Waals surface area contributed by atoms with Gasteiger partial charge in [0.1, 0.15) is 17.5 Å². The molecule has 0 saturated carbocycles. The van der Waals surface area contributed by atoms with E-state index in [0.717, 1.165) is 41.3 Å². The average Bonchev–Trinajstić information content (AvgIpc) is 3.12. The predicted octanol–water partition coefficient (Wildman–Crippen LogP) is 2.86. The molecular weight excluding hydrogens is 302 g/mol. The number of nitrogens with zero attached hydrogens (tertiary/aromatic N) is 6. The first kappa shape index (κ1) is 16.4. The van der Waals surface area contributed by atoms with Gasteiger partial charge in [-0.15, -0.1) is 0 Å². The van der Waals surface area contributed by atoms with Gasteiger partial charge in [0.25, 0.3) is 0 Å². The standard InChI is InChI=1S/C17H25N7/c1-6-7-13-20-15(12-10-19-24(5)16(12)21-13)22-14(11(2)3)17-18-8-9-23(17)4/h8-11,14H,6-7H2,1-5H3,(H,20,21,22). The van der Waals surface area contributed by atoms with Gasteiger partial charge in [-0.1, -0.05) is 20.8 Å². The molecule has 0 radical (unpaired) electrons. The topological polar surface area (TPSA) is 73.5 Å². The van der Waals surface area contributed by atoms with Crippen molar-refractivity contribution in [3.8, 4) is 0 Å². The maximum atomic E-state index is 4.75. The van der Waals surface area contributed by atoms with Crippen LogP contribution in [0.5, 0.6) is 0 Å². The molecular formula is C17H25N7. The van der Waals surface area contributed by atoms with Crippen molar-refractivity contribution in [2.45, 2.75) is 39.7 Å². The lowest BCUT2D eigenvalue weighted by molar-refractivity contribution is 0.506. The minimum absolute atomic E-state index is 0.0674. The summed E-state index contributed by atoms with van der Waals surface area (Å²) in [5.41, 5.74) is 0.860. The highest BCUT2D eigenvalue weighted by Gasteiger charge is 2.22. The van der Waals surface area contributed by atoms with Crippen molar-refractivity contribution in [1.82, 2.24) is 29.3 Å². The lowest BCUT2D eigenvalue weighted by Crippen LogP contribution is -2.21. The van der Waals surface area contributed by atoms with Gasteiger partial charge in [0.05, 0.1) is 17.6 Å². The molecule has 0 aliphatic carbocycles. The molecule has 0 aromatic carbocycles. The van der Waals surface area contributed by atoms with Crippen LogP contribution in [0.2, 0.25) is 0 Å². The highest BCUT2D eigenvalue weighted by atomic mass is 15.3. The van der Waals surface area contributed by atoms with Gasteiger partial charge in [-0.3, -0.25) is 4.68 Å². The quantitative estimate of drug-likeness (QED) is 0.753. The molecule has 7 heteroatoms. The molecule has 128 valence electrons. The second-order valence-corrected chi connectivity index (χ2v) is 6.51. The van der Waals surface area contributed by atoms with Crippen molar-refractivity contribution in [1.29, 1.82) is 0 Å². The molecule has 3 heterocycles. The van der Waals surface area contributed by atoms with Gasteiger partial charge in [-0.25, -0.2) is 15.0 Å². The summed E-state index contributed by atoms with van der Waals surface area (Å²) in [6.45, 7) is 6.50. The van der Waals surface area contributed by atoms with Crippen LogP contribution in [0.4, 0.5) is 5.82 Å². The Hall–Kier alpha value is -2.44. The number of aryl methyl sites for hydroxylation is 3. The molecule has 0 aliphatic rings. The van der Waals surface area contributed by atoms with E-state index in [1.165, 1.54) is 0 Å². The summed E-state index contributed by atoms with van der Waals surface area (Å²) in [6, 6.07) is 0.0674. The second kappa shape index (κ2) is 6.59. The first-order chi connectivity index (χ1) is 11.5. The maximum Gasteiger partial charge on any atom is 0.163 e. The Balaban J connectivity index is 2.05. The Kier molecular flexibility index (Phi) is 4.51. The van der Waals surface area contributed by atoms with E-state index >= 15 is 0 Å². The molecule has 0 amide bonds. The fourth-order valence-electron chi connectivity index (χ4n) is 2.87. The van der Waals surface area contributed by atoms with E-state index in [1.54, 1.807) is 4.68 Å². The third-order valence-corrected chi connectivity index (χ3v) is 4.21. The minimum atomic E-state index is 0.0674. The van der Waals surface area contributed by atoms with Gasteiger partial charge in [-0.05, 0) is 12.3 Å². The smallest absolute Gasteiger partial charge is 0.163 e. The summed E-state index contributed by atoms with van der Waals surface area (Å²) in [5, 5.41) is 8.87. The van der Waals surface area contributed by atoms with Crippen LogP contribution >= 0.6 is 0 Å². The molecule has 1 N–H and O–H groups in total. The van der Waals surface area contributed by atoms with Gasteiger partial charge in [0.15, 0.2) is 5.65 Å². The number of hydrogen-bond acceptors (Lipinski definition) is 5. The van der Waals surface area contributed by atoms with E-state index < -0.39 is 0 Å². The Morgan fingerprint density at radius 2 is 2.00 bits per heavy atom. The van der Waals surface area contributed by atoms with E-state index in [2.05, 4.69) is 41.2 Å². The fourth-order valence-corrected chi connectivity index (χ4v) is 2.87. The van der Waals surface area contributed by atoms with Crippen molar-refractivity contribution in [2.24, 2.45) is 20.0 Å². The van der Waals surface area contributed by atoms with Gasteiger partial charge >= 0.3 is 0 Å². The van der Waals surface area contributed by atoms with E-state index in [9.17, 15) is 0 Å². The van der Waals surface area contributed by atoms with Crippen LogP contribution in [0.1, 0.15) is 44.9 Å². The summed E-state index contributed by atoms with van der Waals surface area (Å²) < 4.78 is 3.85. The van der Waals surface area contributed by atoms with E-state index in [-0.39, 0.29) is 6.04 Å². The van der Waals surface area contributed by atoms with Crippen LogP contribution in [0.25, 0.3) is 11.0 Å². The third kappa shape index (κ3) is 2.98. The number of imidazole rings is 1. The third-order valence-electron chi connectivity index (χ3n) is 4.21. The number of hydrogen-bond donors (Lipinski definition) is 1. The van der Waals surface area contributed by atoms with Crippen LogP contribution in [-0.2, 0) is 20.5 Å². The summed E-state index contributed by atoms with van der Waals surface area (Å²) in [7, 11) is 3.93. The van der Waals surface area contributed by atoms with E-state index in [1.807, 2.05) is 37.3 Å². The number of anilines is 1. The summed E-state index contributed by atoms with van der Waals surface area (Å²) in [5.74, 6) is 3.04. The normalized spacial score (nSPS) is 12.9. The lowest BCUT2D eigenvalue weighted by Gasteiger charge is -2.23. The Bertz CT molecular complexity index is 831. The molecule has 0 aliphatic heterocycles. The number of nitrogens with one attached hydrogen (secondary N) is 1. The van der Waals surface area contributed by atoms with Gasteiger partial charge < -0.3 is 9.88 Å². The van der Waals surface area contributed by atoms with Crippen molar-refractivity contribution in [3.05, 3.63) is 30.2 Å². The van der Waals surface area contributed by atoms with Crippen molar-refractivity contribution >= 4 is 16.9 Å². The first-order valence-corrected chi connectivity index (χ1v) is 8.43. The van der Waals surface area contributed by atoms with Gasteiger partial charge in [0, 0.05) is 32.9 Å². The van der Waals surface area contributed by atoms with Gasteiger partial charge in [0.2, 0.25) is 0 Å². The van der Waals surface area contributed by atoms with E-state index in [4.69, 9.17) is 4.98 Å². The predicted molar refractivity (Wildman–Crippen MR) is 94.7 cm³/mol. The number of rotatable bonds is 6. The zero-order valence-electron chi connectivity index (χ0n) is 15.0. The molecule has 3 aromatic heterocycles. The minimum Gasteiger partial charge on any atom is -0.359 e. The monoisotopic (exact) mass is 327 g/mol. The molecule has 3 aromatic rings.